The summed E-state index contributed by atoms with van der Waals surface area (Å²) < 4.78 is 9.51. The summed E-state index contributed by atoms with van der Waals surface area (Å²) in [5.41, 5.74) is -0.458. The maximum atomic E-state index is 11.8. The van der Waals surface area contributed by atoms with Gasteiger partial charge < -0.3 is 14.9 Å². The Balaban J connectivity index is 2.19. The molecule has 1 amide bonds. The molecule has 1 heterocycles. The van der Waals surface area contributed by atoms with Crippen molar-refractivity contribution < 1.29 is 24.2 Å². The smallest absolute Gasteiger partial charge is 0.410 e. The third-order valence-electron chi connectivity index (χ3n) is 2.59. The predicted octanol–water partition coefficient (Wildman–Crippen LogP) is 0.411. The summed E-state index contributed by atoms with van der Waals surface area (Å²) in [6.07, 6.45) is -0.260. The highest BCUT2D eigenvalue weighted by Gasteiger charge is 2.25. The molecule has 1 aliphatic heterocycles. The van der Waals surface area contributed by atoms with Crippen molar-refractivity contribution in [2.45, 2.75) is 26.4 Å². The summed E-state index contributed by atoms with van der Waals surface area (Å²) in [7, 11) is 0. The average molecular weight is 293 g/mol. The second kappa shape index (κ2) is 7.91. The van der Waals surface area contributed by atoms with Crippen molar-refractivity contribution in [2.75, 3.05) is 38.5 Å². The summed E-state index contributed by atoms with van der Waals surface area (Å²) in [5.74, 6) is 0.647. The average Bonchev–Trinajstić information content (AvgIpc) is 2.33. The van der Waals surface area contributed by atoms with Crippen LogP contribution in [0.2, 0.25) is 0 Å². The summed E-state index contributed by atoms with van der Waals surface area (Å²) in [4.78, 5) is 15.7. The number of rotatable bonds is 5. The molecule has 112 valence electrons. The summed E-state index contributed by atoms with van der Waals surface area (Å²) in [6, 6.07) is 0. The van der Waals surface area contributed by atoms with Crippen molar-refractivity contribution >= 4 is 18.1 Å². The molecule has 0 aromatic carbocycles. The van der Waals surface area contributed by atoms with Crippen molar-refractivity contribution in [1.29, 1.82) is 0 Å². The molecule has 0 aliphatic carbocycles. The normalized spacial score (nSPS) is 17.6. The van der Waals surface area contributed by atoms with Crippen LogP contribution in [0.15, 0.2) is 0 Å². The first kappa shape index (κ1) is 16.5. The second-order valence-corrected chi connectivity index (χ2v) is 6.05. The Morgan fingerprint density at radius 1 is 1.26 bits per heavy atom. The van der Waals surface area contributed by atoms with Gasteiger partial charge in [-0.1, -0.05) is 0 Å². The minimum absolute atomic E-state index is 0.260. The Hall–Kier alpha value is -0.540. The van der Waals surface area contributed by atoms with Gasteiger partial charge in [0.15, 0.2) is 0 Å². The highest BCUT2D eigenvalue weighted by Crippen LogP contribution is 2.12. The fraction of sp³-hybridized carbons (Fsp3) is 0.909. The van der Waals surface area contributed by atoms with E-state index >= 15 is 0 Å². The number of hydrogen-bond acceptors (Lipinski definition) is 7. The van der Waals surface area contributed by atoms with Gasteiger partial charge in [-0.05, 0) is 20.8 Å². The summed E-state index contributed by atoms with van der Waals surface area (Å²) in [5, 5.41) is 12.8. The zero-order valence-electron chi connectivity index (χ0n) is 11.6. The third-order valence-corrected chi connectivity index (χ3v) is 3.09. The van der Waals surface area contributed by atoms with Crippen molar-refractivity contribution in [1.82, 2.24) is 9.80 Å². The van der Waals surface area contributed by atoms with Gasteiger partial charge in [-0.2, -0.15) is 4.33 Å². The van der Waals surface area contributed by atoms with Crippen molar-refractivity contribution in [3.63, 3.8) is 0 Å². The number of nitrogens with zero attached hydrogens (tertiary/aromatic N) is 2. The Bertz CT molecular complexity index is 277. The SMILES string of the molecule is CC(C)(C)OC(=O)N1CCN(CCSOO[O-])CC1. The van der Waals surface area contributed by atoms with Crippen LogP contribution in [0.5, 0.6) is 0 Å². The number of carbonyl (C=O) groups excluding carboxylic acids is 1. The fourth-order valence-corrected chi connectivity index (χ4v) is 2.14. The molecular weight excluding hydrogens is 272 g/mol. The van der Waals surface area contributed by atoms with Crippen LogP contribution in [0.3, 0.4) is 0 Å². The first-order valence-corrected chi connectivity index (χ1v) is 7.12. The largest absolute Gasteiger partial charge is 0.691 e. The van der Waals surface area contributed by atoms with E-state index in [1.165, 1.54) is 0 Å². The molecule has 0 saturated carbocycles. The van der Waals surface area contributed by atoms with E-state index in [1.54, 1.807) is 4.90 Å². The van der Waals surface area contributed by atoms with Gasteiger partial charge in [-0.3, -0.25) is 9.94 Å². The molecule has 0 aromatic rings. The van der Waals surface area contributed by atoms with Crippen LogP contribution < -0.4 is 5.26 Å². The standard InChI is InChI=1S/C11H22N2O5S/c1-11(2,3)16-10(14)13-6-4-12(5-7-13)8-9-19-18-17-15/h15H,4-9H2,1-3H3/p-1. The van der Waals surface area contributed by atoms with Crippen LogP contribution in [0.4, 0.5) is 4.79 Å². The van der Waals surface area contributed by atoms with E-state index in [-0.39, 0.29) is 6.09 Å². The maximum absolute atomic E-state index is 11.8. The minimum Gasteiger partial charge on any atom is -0.691 e. The molecule has 1 rings (SSSR count). The predicted molar refractivity (Wildman–Crippen MR) is 68.9 cm³/mol. The van der Waals surface area contributed by atoms with Gasteiger partial charge in [0, 0.05) is 50.5 Å². The van der Waals surface area contributed by atoms with E-state index in [0.29, 0.717) is 18.8 Å². The molecule has 7 nitrogen and oxygen atoms in total. The summed E-state index contributed by atoms with van der Waals surface area (Å²) in [6.45, 7) is 9.24. The number of amides is 1. The molecule has 0 bridgehead atoms. The lowest BCUT2D eigenvalue weighted by molar-refractivity contribution is -0.777. The zero-order valence-corrected chi connectivity index (χ0v) is 12.4. The van der Waals surface area contributed by atoms with Crippen molar-refractivity contribution in [3.8, 4) is 0 Å². The zero-order chi connectivity index (χ0) is 14.3. The molecule has 0 aromatic heterocycles. The lowest BCUT2D eigenvalue weighted by atomic mass is 10.2. The van der Waals surface area contributed by atoms with E-state index in [9.17, 15) is 10.1 Å². The van der Waals surface area contributed by atoms with Crippen LogP contribution in [0.25, 0.3) is 0 Å². The van der Waals surface area contributed by atoms with Crippen LogP contribution in [0, 0.1) is 0 Å². The molecule has 1 saturated heterocycles. The van der Waals surface area contributed by atoms with Crippen LogP contribution in [-0.4, -0.2) is 60.0 Å². The van der Waals surface area contributed by atoms with Gasteiger partial charge in [0.2, 0.25) is 0 Å². The van der Waals surface area contributed by atoms with Crippen LogP contribution in [0.1, 0.15) is 20.8 Å². The van der Waals surface area contributed by atoms with E-state index in [1.807, 2.05) is 20.8 Å². The Labute approximate surface area is 117 Å². The number of hydrogen-bond donors (Lipinski definition) is 0. The monoisotopic (exact) mass is 293 g/mol. The molecule has 0 unspecified atom stereocenters. The van der Waals surface area contributed by atoms with Gasteiger partial charge in [-0.15, -0.1) is 0 Å². The Kier molecular flexibility index (Phi) is 6.87. The quantitative estimate of drug-likeness (QED) is 0.314. The van der Waals surface area contributed by atoms with Crippen molar-refractivity contribution in [2.24, 2.45) is 0 Å². The Morgan fingerprint density at radius 3 is 2.42 bits per heavy atom. The third kappa shape index (κ3) is 6.98. The number of ether oxygens (including phenoxy) is 1. The van der Waals surface area contributed by atoms with Gasteiger partial charge in [0.1, 0.15) is 5.60 Å². The first-order valence-electron chi connectivity index (χ1n) is 6.21. The highest BCUT2D eigenvalue weighted by atomic mass is 32.2. The molecule has 0 spiro atoms. The van der Waals surface area contributed by atoms with E-state index in [2.05, 4.69) is 14.3 Å². The molecule has 0 N–H and O–H groups in total. The van der Waals surface area contributed by atoms with Gasteiger partial charge in [0.25, 0.3) is 0 Å². The van der Waals surface area contributed by atoms with Crippen molar-refractivity contribution in [3.05, 3.63) is 0 Å². The van der Waals surface area contributed by atoms with Gasteiger partial charge in [0.05, 0.1) is 0 Å². The molecule has 0 atom stereocenters. The molecule has 19 heavy (non-hydrogen) atoms. The molecule has 8 heteroatoms. The van der Waals surface area contributed by atoms with E-state index in [4.69, 9.17) is 4.74 Å². The fourth-order valence-electron chi connectivity index (χ4n) is 1.70. The molecule has 0 radical (unpaired) electrons. The lowest BCUT2D eigenvalue weighted by Gasteiger charge is -2.35. The van der Waals surface area contributed by atoms with Crippen LogP contribution in [-0.2, 0) is 14.1 Å². The van der Waals surface area contributed by atoms with E-state index < -0.39 is 5.60 Å². The number of piperazine rings is 1. The maximum Gasteiger partial charge on any atom is 0.410 e. The van der Waals surface area contributed by atoms with Crippen LogP contribution >= 0.6 is 12.0 Å². The highest BCUT2D eigenvalue weighted by molar-refractivity contribution is 7.94. The second-order valence-electron chi connectivity index (χ2n) is 5.27. The first-order chi connectivity index (χ1) is 8.92. The van der Waals surface area contributed by atoms with Gasteiger partial charge >= 0.3 is 6.09 Å². The van der Waals surface area contributed by atoms with E-state index in [0.717, 1.165) is 31.7 Å². The molecule has 1 aliphatic rings. The topological polar surface area (TPSA) is 74.3 Å². The lowest BCUT2D eigenvalue weighted by Crippen LogP contribution is -2.50. The molecule has 1 fully saturated rings. The minimum atomic E-state index is -0.458. The molecular formula is C11H21N2O5S-. The Morgan fingerprint density at radius 2 is 1.89 bits per heavy atom. The number of carbonyl (C=O) groups is 1. The summed E-state index contributed by atoms with van der Waals surface area (Å²) >= 11 is 0.980. The van der Waals surface area contributed by atoms with Gasteiger partial charge in [-0.25, -0.2) is 4.79 Å².